The molecule has 0 aromatic carbocycles. The standard InChI is InChI=1S/C19H34N4O/c1-16-17(18(24-3)22(2)21-16)14-20-15-19(10-6-4-7-11-19)23-12-8-5-9-13-23/h20H,4-15H2,1-3H3. The number of piperidine rings is 1. The molecule has 0 atom stereocenters. The Balaban J connectivity index is 1.66. The minimum absolute atomic E-state index is 0.377. The van der Waals surface area contributed by atoms with Gasteiger partial charge in [-0.1, -0.05) is 25.7 Å². The summed E-state index contributed by atoms with van der Waals surface area (Å²) >= 11 is 0. The molecule has 1 N–H and O–H groups in total. The van der Waals surface area contributed by atoms with E-state index in [9.17, 15) is 0 Å². The summed E-state index contributed by atoms with van der Waals surface area (Å²) in [5.74, 6) is 0.885. The van der Waals surface area contributed by atoms with Crippen LogP contribution in [-0.4, -0.2) is 47.0 Å². The SMILES string of the molecule is COc1c(CNCC2(N3CCCCC3)CCCCC2)c(C)nn1C. The Morgan fingerprint density at radius 1 is 1.08 bits per heavy atom. The summed E-state index contributed by atoms with van der Waals surface area (Å²) in [6.45, 7) is 6.58. The maximum Gasteiger partial charge on any atom is 0.216 e. The lowest BCUT2D eigenvalue weighted by molar-refractivity contribution is 0.0332. The van der Waals surface area contributed by atoms with Crippen LogP contribution in [0.5, 0.6) is 5.88 Å². The second-order valence-electron chi connectivity index (χ2n) is 7.63. The molecular formula is C19H34N4O. The minimum atomic E-state index is 0.377. The van der Waals surface area contributed by atoms with Crippen LogP contribution in [0.3, 0.4) is 0 Å². The number of likely N-dealkylation sites (tertiary alicyclic amines) is 1. The first-order chi connectivity index (χ1) is 11.7. The van der Waals surface area contributed by atoms with E-state index in [1.807, 2.05) is 11.7 Å². The Hall–Kier alpha value is -1.07. The fourth-order valence-electron chi connectivity index (χ4n) is 4.74. The summed E-state index contributed by atoms with van der Waals surface area (Å²) in [4.78, 5) is 2.80. The Labute approximate surface area is 146 Å². The van der Waals surface area contributed by atoms with Gasteiger partial charge in [-0.25, -0.2) is 4.68 Å². The van der Waals surface area contributed by atoms with Crippen LogP contribution >= 0.6 is 0 Å². The first kappa shape index (κ1) is 17.7. The fourth-order valence-corrected chi connectivity index (χ4v) is 4.74. The molecule has 3 rings (SSSR count). The topological polar surface area (TPSA) is 42.3 Å². The van der Waals surface area contributed by atoms with Gasteiger partial charge in [0.1, 0.15) is 0 Å². The Morgan fingerprint density at radius 2 is 1.75 bits per heavy atom. The van der Waals surface area contributed by atoms with Crippen LogP contribution in [0.2, 0.25) is 0 Å². The molecule has 5 nitrogen and oxygen atoms in total. The van der Waals surface area contributed by atoms with Crippen molar-refractivity contribution in [3.05, 3.63) is 11.3 Å². The lowest BCUT2D eigenvalue weighted by Crippen LogP contribution is -2.57. The third-order valence-corrected chi connectivity index (χ3v) is 6.05. The first-order valence-corrected chi connectivity index (χ1v) is 9.68. The van der Waals surface area contributed by atoms with E-state index >= 15 is 0 Å². The number of hydrogen-bond donors (Lipinski definition) is 1. The second kappa shape index (κ2) is 7.87. The van der Waals surface area contributed by atoms with Crippen molar-refractivity contribution >= 4 is 0 Å². The highest BCUT2D eigenvalue weighted by Gasteiger charge is 2.38. The summed E-state index contributed by atoms with van der Waals surface area (Å²) < 4.78 is 7.37. The number of hydrogen-bond acceptors (Lipinski definition) is 4. The van der Waals surface area contributed by atoms with Gasteiger partial charge in [0.05, 0.1) is 18.4 Å². The molecule has 0 radical (unpaired) electrons. The largest absolute Gasteiger partial charge is 0.481 e. The molecule has 2 fully saturated rings. The zero-order chi connectivity index (χ0) is 17.0. The Morgan fingerprint density at radius 3 is 2.42 bits per heavy atom. The van der Waals surface area contributed by atoms with Crippen molar-refractivity contribution in [1.29, 1.82) is 0 Å². The van der Waals surface area contributed by atoms with Crippen LogP contribution in [0.25, 0.3) is 0 Å². The smallest absolute Gasteiger partial charge is 0.216 e. The molecule has 1 aromatic rings. The number of rotatable bonds is 6. The number of ether oxygens (including phenoxy) is 1. The molecule has 1 saturated heterocycles. The molecule has 2 aliphatic rings. The highest BCUT2D eigenvalue weighted by Crippen LogP contribution is 2.35. The molecule has 0 spiro atoms. The van der Waals surface area contributed by atoms with E-state index in [1.165, 1.54) is 70.0 Å². The highest BCUT2D eigenvalue weighted by atomic mass is 16.5. The van der Waals surface area contributed by atoms with Gasteiger partial charge in [0.25, 0.3) is 0 Å². The lowest BCUT2D eigenvalue weighted by Gasteiger charge is -2.48. The van der Waals surface area contributed by atoms with Gasteiger partial charge in [-0.2, -0.15) is 5.10 Å². The van der Waals surface area contributed by atoms with Crippen LogP contribution in [0.1, 0.15) is 62.6 Å². The third-order valence-electron chi connectivity index (χ3n) is 6.05. The molecule has 1 saturated carbocycles. The molecule has 136 valence electrons. The van der Waals surface area contributed by atoms with Gasteiger partial charge in [-0.3, -0.25) is 4.90 Å². The molecule has 2 heterocycles. The zero-order valence-electron chi connectivity index (χ0n) is 15.7. The average molecular weight is 335 g/mol. The Kier molecular flexibility index (Phi) is 5.82. The second-order valence-corrected chi connectivity index (χ2v) is 7.63. The van der Waals surface area contributed by atoms with Gasteiger partial charge >= 0.3 is 0 Å². The van der Waals surface area contributed by atoms with E-state index in [0.717, 1.165) is 24.7 Å². The summed E-state index contributed by atoms with van der Waals surface area (Å²) in [7, 11) is 3.68. The maximum absolute atomic E-state index is 5.53. The van der Waals surface area contributed by atoms with E-state index in [-0.39, 0.29) is 0 Å². The van der Waals surface area contributed by atoms with Gasteiger partial charge in [-0.15, -0.1) is 0 Å². The average Bonchev–Trinajstić information content (AvgIpc) is 2.89. The van der Waals surface area contributed by atoms with Gasteiger partial charge in [-0.05, 0) is 45.7 Å². The van der Waals surface area contributed by atoms with Crippen molar-refractivity contribution in [2.75, 3.05) is 26.7 Å². The number of methoxy groups -OCH3 is 1. The third kappa shape index (κ3) is 3.62. The predicted octanol–water partition coefficient (Wildman–Crippen LogP) is 3.02. The van der Waals surface area contributed by atoms with Gasteiger partial charge in [0.15, 0.2) is 0 Å². The Bertz CT molecular complexity index is 528. The number of aryl methyl sites for hydroxylation is 2. The molecular weight excluding hydrogens is 300 g/mol. The molecule has 24 heavy (non-hydrogen) atoms. The van der Waals surface area contributed by atoms with Crippen molar-refractivity contribution < 1.29 is 4.74 Å². The number of nitrogens with zero attached hydrogens (tertiary/aromatic N) is 3. The quantitative estimate of drug-likeness (QED) is 0.868. The van der Waals surface area contributed by atoms with Crippen molar-refractivity contribution in [2.45, 2.75) is 70.4 Å². The fraction of sp³-hybridized carbons (Fsp3) is 0.842. The lowest BCUT2D eigenvalue weighted by atomic mass is 9.79. The summed E-state index contributed by atoms with van der Waals surface area (Å²) in [5.41, 5.74) is 2.64. The maximum atomic E-state index is 5.53. The van der Waals surface area contributed by atoms with Gasteiger partial charge in [0, 0.05) is 25.7 Å². The first-order valence-electron chi connectivity index (χ1n) is 9.68. The number of aromatic nitrogens is 2. The molecule has 0 unspecified atom stereocenters. The van der Waals surface area contributed by atoms with Crippen molar-refractivity contribution in [1.82, 2.24) is 20.0 Å². The van der Waals surface area contributed by atoms with E-state index in [1.54, 1.807) is 7.11 Å². The van der Waals surface area contributed by atoms with Crippen LogP contribution < -0.4 is 10.1 Å². The van der Waals surface area contributed by atoms with Crippen molar-refractivity contribution in [3.63, 3.8) is 0 Å². The molecule has 5 heteroatoms. The summed E-state index contributed by atoms with van der Waals surface area (Å²) in [6.07, 6.45) is 11.0. The van der Waals surface area contributed by atoms with Crippen molar-refractivity contribution in [3.8, 4) is 5.88 Å². The molecule has 1 aliphatic heterocycles. The van der Waals surface area contributed by atoms with Crippen LogP contribution in [0, 0.1) is 6.92 Å². The van der Waals surface area contributed by atoms with Crippen LogP contribution in [0.4, 0.5) is 0 Å². The highest BCUT2D eigenvalue weighted by molar-refractivity contribution is 5.30. The minimum Gasteiger partial charge on any atom is -0.481 e. The molecule has 1 aromatic heterocycles. The van der Waals surface area contributed by atoms with E-state index in [0.29, 0.717) is 5.54 Å². The summed E-state index contributed by atoms with van der Waals surface area (Å²) in [6, 6.07) is 0. The van der Waals surface area contributed by atoms with Crippen molar-refractivity contribution in [2.24, 2.45) is 7.05 Å². The van der Waals surface area contributed by atoms with E-state index in [4.69, 9.17) is 4.74 Å². The monoisotopic (exact) mass is 334 g/mol. The molecule has 1 aliphatic carbocycles. The van der Waals surface area contributed by atoms with E-state index < -0.39 is 0 Å². The zero-order valence-corrected chi connectivity index (χ0v) is 15.7. The van der Waals surface area contributed by atoms with Crippen LogP contribution in [0.15, 0.2) is 0 Å². The molecule has 0 bridgehead atoms. The number of nitrogens with one attached hydrogen (secondary N) is 1. The predicted molar refractivity (Wildman–Crippen MR) is 97.4 cm³/mol. The normalized spacial score (nSPS) is 21.8. The van der Waals surface area contributed by atoms with E-state index in [2.05, 4.69) is 22.2 Å². The summed E-state index contributed by atoms with van der Waals surface area (Å²) in [5, 5.41) is 8.26. The van der Waals surface area contributed by atoms with Gasteiger partial charge in [0.2, 0.25) is 5.88 Å². The van der Waals surface area contributed by atoms with Crippen LogP contribution in [-0.2, 0) is 13.6 Å². The van der Waals surface area contributed by atoms with Gasteiger partial charge < -0.3 is 10.1 Å². The molecule has 0 amide bonds.